The highest BCUT2D eigenvalue weighted by atomic mass is 31.2. The highest BCUT2D eigenvalue weighted by Gasteiger charge is 2.30. The topological polar surface area (TPSA) is 237 Å². The van der Waals surface area contributed by atoms with Crippen LogP contribution in [0.4, 0.5) is 0 Å². The lowest BCUT2D eigenvalue weighted by Crippen LogP contribution is -2.30. The first-order valence-electron chi connectivity index (χ1n) is 42.4. The summed E-state index contributed by atoms with van der Waals surface area (Å²) in [6.07, 6.45) is 61.3. The fourth-order valence-corrected chi connectivity index (χ4v) is 14.2. The second-order valence-corrected chi connectivity index (χ2v) is 33.6. The van der Waals surface area contributed by atoms with Gasteiger partial charge in [0, 0.05) is 25.7 Å². The molecule has 0 fully saturated rings. The zero-order valence-corrected chi connectivity index (χ0v) is 68.2. The first-order chi connectivity index (χ1) is 48.8. The van der Waals surface area contributed by atoms with E-state index < -0.39 is 97.5 Å². The maximum Gasteiger partial charge on any atom is 0.472 e. The minimum absolute atomic E-state index is 0.104. The van der Waals surface area contributed by atoms with Crippen LogP contribution in [0.1, 0.15) is 427 Å². The highest BCUT2D eigenvalue weighted by molar-refractivity contribution is 7.47. The summed E-state index contributed by atoms with van der Waals surface area (Å²) < 4.78 is 68.7. The molecule has 3 unspecified atom stereocenters. The number of aliphatic hydroxyl groups is 1. The number of phosphoric ester groups is 2. The molecule has 6 atom stereocenters. The van der Waals surface area contributed by atoms with Crippen molar-refractivity contribution in [1.29, 1.82) is 0 Å². The molecule has 0 heterocycles. The van der Waals surface area contributed by atoms with Crippen molar-refractivity contribution in [2.24, 2.45) is 17.8 Å². The summed E-state index contributed by atoms with van der Waals surface area (Å²) in [5.74, 6) is 0.160. The molecule has 0 radical (unpaired) electrons. The Hall–Kier alpha value is -1.94. The Morgan fingerprint density at radius 1 is 0.287 bits per heavy atom. The van der Waals surface area contributed by atoms with Gasteiger partial charge in [-0.25, -0.2) is 9.13 Å². The molecule has 19 heteroatoms. The van der Waals surface area contributed by atoms with Crippen molar-refractivity contribution >= 4 is 39.5 Å². The van der Waals surface area contributed by atoms with Gasteiger partial charge in [-0.2, -0.15) is 0 Å². The Labute approximate surface area is 619 Å². The Morgan fingerprint density at radius 2 is 0.505 bits per heavy atom. The normalized spacial score (nSPS) is 14.2. The number of carbonyl (C=O) groups is 4. The zero-order valence-electron chi connectivity index (χ0n) is 66.4. The number of hydrogen-bond acceptors (Lipinski definition) is 15. The summed E-state index contributed by atoms with van der Waals surface area (Å²) in [6, 6.07) is 0. The molecule has 0 aliphatic heterocycles. The second-order valence-electron chi connectivity index (χ2n) is 30.7. The third-order valence-electron chi connectivity index (χ3n) is 19.5. The highest BCUT2D eigenvalue weighted by Crippen LogP contribution is 2.45. The van der Waals surface area contributed by atoms with Crippen molar-refractivity contribution in [3.05, 3.63) is 0 Å². The molecule has 0 aliphatic rings. The van der Waals surface area contributed by atoms with Crippen LogP contribution in [-0.4, -0.2) is 96.7 Å². The molecule has 0 spiro atoms. The molecule has 0 saturated heterocycles. The standard InChI is InChI=1S/C82H160O17P2/c1-8-10-11-12-13-14-15-16-17-18-19-20-21-22-25-29-32-37-42-51-58-65-81(86)98-77(69-92-79(84)63-56-49-41-36-31-28-26-23-24-27-30-34-39-46-53-60-73(3)4)71-96-100(88,89)94-67-76(83)68-95-101(90,91)97-72-78(70-93-80(85)64-57-50-45-44-48-55-62-75(7)9-2)99-82(87)66-59-52-43-38-33-35-40-47-54-61-74(5)6/h73-78,83H,8-72H2,1-7H3,(H,88,89)(H,90,91)/t75?,76-,77-,78-/m1/s1. The largest absolute Gasteiger partial charge is 0.472 e. The summed E-state index contributed by atoms with van der Waals surface area (Å²) in [7, 11) is -9.92. The van der Waals surface area contributed by atoms with Crippen LogP contribution in [0.15, 0.2) is 0 Å². The van der Waals surface area contributed by atoms with Crippen LogP contribution >= 0.6 is 15.6 Å². The number of hydrogen-bond donors (Lipinski definition) is 3. The van der Waals surface area contributed by atoms with Crippen molar-refractivity contribution < 1.29 is 80.2 Å². The minimum atomic E-state index is -4.96. The smallest absolute Gasteiger partial charge is 0.462 e. The molecular formula is C82H160O17P2. The van der Waals surface area contributed by atoms with Crippen LogP contribution in [0, 0.1) is 17.8 Å². The van der Waals surface area contributed by atoms with Crippen molar-refractivity contribution in [2.45, 2.75) is 446 Å². The lowest BCUT2D eigenvalue weighted by molar-refractivity contribution is -0.161. The summed E-state index contributed by atoms with van der Waals surface area (Å²) in [6.45, 7) is 11.9. The van der Waals surface area contributed by atoms with E-state index in [1.165, 1.54) is 231 Å². The van der Waals surface area contributed by atoms with Gasteiger partial charge in [0.2, 0.25) is 0 Å². The Morgan fingerprint density at radius 3 is 0.752 bits per heavy atom. The average molecular weight is 1480 g/mol. The van der Waals surface area contributed by atoms with Crippen molar-refractivity contribution in [2.75, 3.05) is 39.6 Å². The number of rotatable bonds is 80. The molecule has 0 amide bonds. The lowest BCUT2D eigenvalue weighted by atomic mass is 10.00. The monoisotopic (exact) mass is 1480 g/mol. The summed E-state index contributed by atoms with van der Waals surface area (Å²) in [5.41, 5.74) is 0. The van der Waals surface area contributed by atoms with Gasteiger partial charge in [-0.3, -0.25) is 37.3 Å². The molecule has 0 aromatic rings. The number of phosphoric acid groups is 2. The van der Waals surface area contributed by atoms with E-state index in [9.17, 15) is 43.2 Å². The van der Waals surface area contributed by atoms with Gasteiger partial charge in [0.15, 0.2) is 12.2 Å². The number of carbonyl (C=O) groups excluding carboxylic acids is 4. The molecular weight excluding hydrogens is 1320 g/mol. The van der Waals surface area contributed by atoms with Gasteiger partial charge in [-0.15, -0.1) is 0 Å². The van der Waals surface area contributed by atoms with Crippen LogP contribution in [0.3, 0.4) is 0 Å². The molecule has 0 aromatic heterocycles. The van der Waals surface area contributed by atoms with Crippen molar-refractivity contribution in [1.82, 2.24) is 0 Å². The number of aliphatic hydroxyl groups excluding tert-OH is 1. The van der Waals surface area contributed by atoms with E-state index in [1.807, 2.05) is 0 Å². The van der Waals surface area contributed by atoms with Crippen LogP contribution in [0.25, 0.3) is 0 Å². The SMILES string of the molecule is CCCCCCCCCCCCCCCCCCCCCCCC(=O)O[C@H](COC(=O)CCCCCCCCCCCCCCCCCC(C)C)COP(=O)(O)OC[C@@H](O)COP(=O)(O)OC[C@@H](COC(=O)CCCCCCCCC(C)CC)OC(=O)CCCCCCCCCCCC(C)C. The molecule has 0 aliphatic carbocycles. The van der Waals surface area contributed by atoms with Gasteiger partial charge < -0.3 is 33.8 Å². The predicted octanol–water partition coefficient (Wildman–Crippen LogP) is 24.5. The average Bonchev–Trinajstić information content (AvgIpc) is 0.943. The van der Waals surface area contributed by atoms with Crippen LogP contribution in [0.5, 0.6) is 0 Å². The van der Waals surface area contributed by atoms with E-state index in [-0.39, 0.29) is 25.7 Å². The van der Waals surface area contributed by atoms with E-state index in [0.29, 0.717) is 25.7 Å². The summed E-state index contributed by atoms with van der Waals surface area (Å²) in [4.78, 5) is 73.0. The van der Waals surface area contributed by atoms with Gasteiger partial charge in [0.25, 0.3) is 0 Å². The third kappa shape index (κ3) is 74.7. The van der Waals surface area contributed by atoms with E-state index in [1.54, 1.807) is 0 Å². The van der Waals surface area contributed by atoms with E-state index in [4.69, 9.17) is 37.0 Å². The summed E-state index contributed by atoms with van der Waals surface area (Å²) in [5, 5.41) is 10.6. The van der Waals surface area contributed by atoms with Crippen LogP contribution < -0.4 is 0 Å². The van der Waals surface area contributed by atoms with E-state index in [2.05, 4.69) is 48.5 Å². The summed E-state index contributed by atoms with van der Waals surface area (Å²) >= 11 is 0. The first kappa shape index (κ1) is 99.1. The maximum absolute atomic E-state index is 13.1. The van der Waals surface area contributed by atoms with Gasteiger partial charge in [-0.05, 0) is 43.4 Å². The zero-order chi connectivity index (χ0) is 74.4. The van der Waals surface area contributed by atoms with Crippen LogP contribution in [0.2, 0.25) is 0 Å². The minimum Gasteiger partial charge on any atom is -0.462 e. The van der Waals surface area contributed by atoms with Gasteiger partial charge >= 0.3 is 39.5 Å². The van der Waals surface area contributed by atoms with Gasteiger partial charge in [0.1, 0.15) is 19.3 Å². The molecule has 0 bridgehead atoms. The van der Waals surface area contributed by atoms with Gasteiger partial charge in [-0.1, -0.05) is 376 Å². The molecule has 600 valence electrons. The molecule has 101 heavy (non-hydrogen) atoms. The fourth-order valence-electron chi connectivity index (χ4n) is 12.6. The Balaban J connectivity index is 5.22. The Bertz CT molecular complexity index is 1960. The molecule has 3 N–H and O–H groups in total. The lowest BCUT2D eigenvalue weighted by Gasteiger charge is -2.21. The van der Waals surface area contributed by atoms with E-state index >= 15 is 0 Å². The maximum atomic E-state index is 13.1. The number of esters is 4. The quantitative estimate of drug-likeness (QED) is 0.0222. The van der Waals surface area contributed by atoms with E-state index in [0.717, 1.165) is 114 Å². The first-order valence-corrected chi connectivity index (χ1v) is 45.4. The van der Waals surface area contributed by atoms with Gasteiger partial charge in [0.05, 0.1) is 26.4 Å². The number of unbranched alkanes of at least 4 members (excludes halogenated alkanes) is 47. The molecule has 0 rings (SSSR count). The van der Waals surface area contributed by atoms with Crippen molar-refractivity contribution in [3.8, 4) is 0 Å². The molecule has 17 nitrogen and oxygen atoms in total. The predicted molar refractivity (Wildman–Crippen MR) is 414 cm³/mol. The van der Waals surface area contributed by atoms with Crippen LogP contribution in [-0.2, 0) is 65.4 Å². The molecule has 0 aromatic carbocycles. The Kier molecular flexibility index (Phi) is 70.9. The second kappa shape index (κ2) is 72.3. The number of ether oxygens (including phenoxy) is 4. The van der Waals surface area contributed by atoms with Crippen molar-refractivity contribution in [3.63, 3.8) is 0 Å². The molecule has 0 saturated carbocycles. The third-order valence-corrected chi connectivity index (χ3v) is 21.4. The fraction of sp³-hybridized carbons (Fsp3) is 0.951.